The highest BCUT2D eigenvalue weighted by Crippen LogP contribution is 2.42. The number of carbonyl (C=O) groups excluding carboxylic acids is 1. The van der Waals surface area contributed by atoms with Gasteiger partial charge in [-0.15, -0.1) is 0 Å². The van der Waals surface area contributed by atoms with Gasteiger partial charge >= 0.3 is 6.03 Å². The molecule has 4 unspecified atom stereocenters. The van der Waals surface area contributed by atoms with Gasteiger partial charge in [0.15, 0.2) is 6.29 Å². The van der Waals surface area contributed by atoms with Crippen molar-refractivity contribution >= 4 is 17.4 Å². The molecule has 4 atom stereocenters. The van der Waals surface area contributed by atoms with Gasteiger partial charge in [0, 0.05) is 29.4 Å². The van der Waals surface area contributed by atoms with Crippen LogP contribution in [0.1, 0.15) is 68.1 Å². The molecule has 2 saturated heterocycles. The molecule has 4 aromatic carbocycles. The predicted octanol–water partition coefficient (Wildman–Crippen LogP) is 8.67. The lowest BCUT2D eigenvalue weighted by Crippen LogP contribution is -2.45. The summed E-state index contributed by atoms with van der Waals surface area (Å²) < 4.78 is 19.2. The molecule has 2 aliphatic heterocycles. The summed E-state index contributed by atoms with van der Waals surface area (Å²) in [4.78, 5) is 15.3. The van der Waals surface area contributed by atoms with E-state index in [1.807, 2.05) is 78.9 Å². The van der Waals surface area contributed by atoms with Crippen LogP contribution in [-0.2, 0) is 16.1 Å². The fourth-order valence-corrected chi connectivity index (χ4v) is 6.33. The van der Waals surface area contributed by atoms with Crippen LogP contribution in [0.2, 0.25) is 0 Å². The van der Waals surface area contributed by atoms with E-state index >= 15 is 0 Å². The number of anilines is 2. The molecule has 0 spiro atoms. The minimum absolute atomic E-state index is 0.0104. The molecule has 47 heavy (non-hydrogen) atoms. The van der Waals surface area contributed by atoms with Gasteiger partial charge in [-0.2, -0.15) is 0 Å². The second-order valence-corrected chi connectivity index (χ2v) is 12.5. The van der Waals surface area contributed by atoms with Gasteiger partial charge < -0.3 is 34.9 Å². The molecule has 0 saturated carbocycles. The van der Waals surface area contributed by atoms with E-state index in [-0.39, 0.29) is 30.8 Å². The molecule has 3 N–H and O–H groups in total. The number of hydrogen-bond donors (Lipinski definition) is 3. The average molecular weight is 636 g/mol. The minimum atomic E-state index is -0.548. The van der Waals surface area contributed by atoms with Gasteiger partial charge in [0.05, 0.1) is 18.8 Å². The summed E-state index contributed by atoms with van der Waals surface area (Å²) in [5.41, 5.74) is 4.17. The van der Waals surface area contributed by atoms with Gasteiger partial charge in [-0.1, -0.05) is 80.8 Å². The second kappa shape index (κ2) is 16.1. The molecule has 0 bridgehead atoms. The number of nitrogens with zero attached hydrogens (tertiary/aromatic N) is 1. The highest BCUT2D eigenvalue weighted by molar-refractivity contribution is 5.99. The van der Waals surface area contributed by atoms with Crippen LogP contribution < -0.4 is 15.4 Å². The van der Waals surface area contributed by atoms with Crippen LogP contribution in [-0.4, -0.2) is 41.8 Å². The summed E-state index contributed by atoms with van der Waals surface area (Å²) in [6.45, 7) is 5.29. The van der Waals surface area contributed by atoms with Crippen molar-refractivity contribution in [2.24, 2.45) is 5.92 Å². The maximum absolute atomic E-state index is 12.8. The van der Waals surface area contributed by atoms with E-state index in [0.29, 0.717) is 17.1 Å². The van der Waals surface area contributed by atoms with E-state index < -0.39 is 6.29 Å². The fourth-order valence-electron chi connectivity index (χ4n) is 6.33. The Morgan fingerprint density at radius 3 is 1.96 bits per heavy atom. The van der Waals surface area contributed by atoms with Gasteiger partial charge in [0.2, 0.25) is 0 Å². The third kappa shape index (κ3) is 8.99. The first-order chi connectivity index (χ1) is 23.0. The van der Waals surface area contributed by atoms with Crippen LogP contribution in [0.25, 0.3) is 0 Å². The Morgan fingerprint density at radius 2 is 1.32 bits per heavy atom. The van der Waals surface area contributed by atoms with Crippen molar-refractivity contribution in [3.05, 3.63) is 120 Å². The Bertz CT molecular complexity index is 1540. The quantitative estimate of drug-likeness (QED) is 0.170. The molecule has 2 heterocycles. The third-order valence-electron chi connectivity index (χ3n) is 9.04. The van der Waals surface area contributed by atoms with Crippen molar-refractivity contribution in [2.75, 3.05) is 30.3 Å². The number of aliphatic hydroxyl groups excluding tert-OH is 1. The molecule has 0 aliphatic carbocycles. The van der Waals surface area contributed by atoms with Gasteiger partial charge in [-0.05, 0) is 85.6 Å². The summed E-state index contributed by atoms with van der Waals surface area (Å²) in [7, 11) is 0. The Morgan fingerprint density at radius 1 is 0.745 bits per heavy atom. The van der Waals surface area contributed by atoms with Gasteiger partial charge in [0.1, 0.15) is 11.5 Å². The van der Waals surface area contributed by atoms with E-state index in [1.54, 1.807) is 12.1 Å². The smallest absolute Gasteiger partial charge is 0.323 e. The van der Waals surface area contributed by atoms with Crippen LogP contribution in [0, 0.1) is 5.92 Å². The van der Waals surface area contributed by atoms with E-state index in [2.05, 4.69) is 34.6 Å². The Labute approximate surface area is 277 Å². The normalized spacial score (nSPS) is 22.1. The number of aliphatic hydroxyl groups is 1. The Hall–Kier alpha value is -4.21. The number of carbonyl (C=O) groups is 1. The highest BCUT2D eigenvalue weighted by atomic mass is 16.7. The number of rotatable bonds is 9. The van der Waals surface area contributed by atoms with Gasteiger partial charge in [-0.3, -0.25) is 0 Å². The maximum atomic E-state index is 12.8. The number of ether oxygens (including phenoxy) is 3. The summed E-state index contributed by atoms with van der Waals surface area (Å²) in [6, 6.07) is 32.1. The average Bonchev–Trinajstić information content (AvgIpc) is 3.08. The maximum Gasteiger partial charge on any atom is 0.323 e. The first-order valence-corrected chi connectivity index (χ1v) is 16.8. The summed E-state index contributed by atoms with van der Waals surface area (Å²) in [5, 5.41) is 15.3. The molecule has 2 aliphatic rings. The lowest BCUT2D eigenvalue weighted by molar-refractivity contribution is -0.276. The highest BCUT2D eigenvalue weighted by Gasteiger charge is 2.39. The van der Waals surface area contributed by atoms with E-state index in [4.69, 9.17) is 14.2 Å². The zero-order valence-electron chi connectivity index (χ0n) is 27.0. The molecule has 0 radical (unpaired) electrons. The molecule has 8 nitrogen and oxygen atoms in total. The van der Waals surface area contributed by atoms with Crippen molar-refractivity contribution in [1.29, 1.82) is 0 Å². The molecule has 8 heteroatoms. The summed E-state index contributed by atoms with van der Waals surface area (Å²) >= 11 is 0. The molecule has 246 valence electrons. The number of benzene rings is 4. The standard InChI is InChI=1S/C39H45N3O5/c1-28-36(26-42-24-8-3-2-4-9-25-42)46-38(47-37(28)30-14-12-29(27-43)13-15-30)31-16-18-32(19-17-31)40-39(44)41-33-20-22-35(23-21-33)45-34-10-6-5-7-11-34/h5-7,10-23,28,36-38,43H,2-4,8-9,24-27H2,1H3,(H2,40,41,44). The van der Waals surface area contributed by atoms with Gasteiger partial charge in [-0.25, -0.2) is 4.79 Å². The van der Waals surface area contributed by atoms with E-state index in [9.17, 15) is 9.90 Å². The first-order valence-electron chi connectivity index (χ1n) is 16.8. The van der Waals surface area contributed by atoms with Crippen LogP contribution in [0.4, 0.5) is 16.2 Å². The molecule has 0 aromatic heterocycles. The van der Waals surface area contributed by atoms with E-state index in [0.717, 1.165) is 42.1 Å². The molecule has 6 rings (SSSR count). The van der Waals surface area contributed by atoms with Crippen LogP contribution in [0.5, 0.6) is 11.5 Å². The van der Waals surface area contributed by atoms with Crippen molar-refractivity contribution in [1.82, 2.24) is 4.90 Å². The predicted molar refractivity (Wildman–Crippen MR) is 185 cm³/mol. The fraction of sp³-hybridized carbons (Fsp3) is 0.359. The number of likely N-dealkylation sites (tertiary alicyclic amines) is 1. The second-order valence-electron chi connectivity index (χ2n) is 12.5. The Balaban J connectivity index is 1.10. The van der Waals surface area contributed by atoms with Crippen LogP contribution >= 0.6 is 0 Å². The number of urea groups is 1. The number of para-hydroxylation sites is 1. The lowest BCUT2D eigenvalue weighted by Gasteiger charge is -2.43. The van der Waals surface area contributed by atoms with Crippen LogP contribution in [0.3, 0.4) is 0 Å². The summed E-state index contributed by atoms with van der Waals surface area (Å²) in [5.74, 6) is 1.58. The minimum Gasteiger partial charge on any atom is -0.457 e. The zero-order valence-corrected chi connectivity index (χ0v) is 27.0. The van der Waals surface area contributed by atoms with Crippen LogP contribution in [0.15, 0.2) is 103 Å². The lowest BCUT2D eigenvalue weighted by atomic mass is 9.89. The van der Waals surface area contributed by atoms with Crippen molar-refractivity contribution in [3.63, 3.8) is 0 Å². The SMILES string of the molecule is CC1C(CN2CCCCCCC2)OC(c2ccc(NC(=O)Nc3ccc(Oc4ccccc4)cc3)cc2)OC1c1ccc(CO)cc1. The van der Waals surface area contributed by atoms with Crippen molar-refractivity contribution < 1.29 is 24.1 Å². The van der Waals surface area contributed by atoms with Crippen molar-refractivity contribution in [3.8, 4) is 11.5 Å². The monoisotopic (exact) mass is 635 g/mol. The molecule has 2 fully saturated rings. The Kier molecular flexibility index (Phi) is 11.2. The van der Waals surface area contributed by atoms with Gasteiger partial charge in [0.25, 0.3) is 0 Å². The van der Waals surface area contributed by atoms with E-state index in [1.165, 1.54) is 32.1 Å². The molecule has 2 amide bonds. The number of nitrogens with one attached hydrogen (secondary N) is 2. The number of hydrogen-bond acceptors (Lipinski definition) is 6. The first kappa shape index (κ1) is 32.7. The van der Waals surface area contributed by atoms with Crippen molar-refractivity contribution in [2.45, 2.75) is 64.1 Å². The third-order valence-corrected chi connectivity index (χ3v) is 9.04. The molecular formula is C39H45N3O5. The summed E-state index contributed by atoms with van der Waals surface area (Å²) in [6.07, 6.45) is 5.64. The zero-order chi connectivity index (χ0) is 32.4. The topological polar surface area (TPSA) is 92.3 Å². The number of amides is 2. The molecular weight excluding hydrogens is 590 g/mol. The largest absolute Gasteiger partial charge is 0.457 e. The molecule has 4 aromatic rings.